The molecular formula is C18H14ClFN2O3S. The fourth-order valence-electron chi connectivity index (χ4n) is 2.11. The molecule has 1 heterocycles. The second-order valence-electron chi connectivity index (χ2n) is 5.29. The number of aliphatic imine (C=N–C) groups is 1. The second kappa shape index (κ2) is 7.82. The molecule has 0 atom stereocenters. The van der Waals surface area contributed by atoms with Crippen LogP contribution in [0.15, 0.2) is 75.0 Å². The number of benzene rings is 2. The third kappa shape index (κ3) is 4.57. The summed E-state index contributed by atoms with van der Waals surface area (Å²) in [5.74, 6) is 0.345. The number of para-hydroxylation sites is 1. The van der Waals surface area contributed by atoms with E-state index in [1.54, 1.807) is 24.3 Å². The van der Waals surface area contributed by atoms with E-state index in [0.717, 1.165) is 0 Å². The monoisotopic (exact) mass is 392 g/mol. The van der Waals surface area contributed by atoms with E-state index < -0.39 is 15.8 Å². The fraction of sp³-hybridized carbons (Fsp3) is 0.0556. The SMILES string of the molecule is O=S(=O)(NCc1ccc(C=Nc2ccccc2F)o1)c1ccc(Cl)cc1. The average Bonchev–Trinajstić information content (AvgIpc) is 3.08. The lowest BCUT2D eigenvalue weighted by atomic mass is 10.3. The number of furan rings is 1. The second-order valence-corrected chi connectivity index (χ2v) is 7.50. The zero-order valence-corrected chi connectivity index (χ0v) is 15.0. The summed E-state index contributed by atoms with van der Waals surface area (Å²) in [6.07, 6.45) is 1.37. The molecule has 3 rings (SSSR count). The highest BCUT2D eigenvalue weighted by Gasteiger charge is 2.14. The van der Waals surface area contributed by atoms with Crippen LogP contribution >= 0.6 is 11.6 Å². The van der Waals surface area contributed by atoms with Crippen molar-refractivity contribution in [3.8, 4) is 0 Å². The van der Waals surface area contributed by atoms with Gasteiger partial charge in [0.2, 0.25) is 10.0 Å². The number of hydrogen-bond donors (Lipinski definition) is 1. The lowest BCUT2D eigenvalue weighted by Crippen LogP contribution is -2.22. The molecule has 0 aliphatic heterocycles. The van der Waals surface area contributed by atoms with E-state index in [-0.39, 0.29) is 17.1 Å². The molecule has 1 N–H and O–H groups in total. The Morgan fingerprint density at radius 3 is 2.54 bits per heavy atom. The Bertz CT molecular complexity index is 1030. The number of halogens is 2. The van der Waals surface area contributed by atoms with Gasteiger partial charge >= 0.3 is 0 Å². The standard InChI is InChI=1S/C18H14ClFN2O3S/c19-13-5-9-16(10-6-13)26(23,24)22-12-15-8-7-14(25-15)11-21-18-4-2-1-3-17(18)20/h1-11,22H,12H2. The Balaban J connectivity index is 1.65. The molecular weight excluding hydrogens is 379 g/mol. The van der Waals surface area contributed by atoms with Crippen LogP contribution in [0.1, 0.15) is 11.5 Å². The van der Waals surface area contributed by atoms with Crippen LogP contribution in [0.25, 0.3) is 0 Å². The summed E-state index contributed by atoms with van der Waals surface area (Å²) in [5, 5.41) is 0.453. The first-order valence-corrected chi connectivity index (χ1v) is 9.43. The quantitative estimate of drug-likeness (QED) is 0.635. The first-order chi connectivity index (χ1) is 12.4. The normalized spacial score (nSPS) is 11.9. The molecule has 3 aromatic rings. The van der Waals surface area contributed by atoms with Crippen molar-refractivity contribution in [1.29, 1.82) is 0 Å². The maximum absolute atomic E-state index is 13.5. The number of hydrogen-bond acceptors (Lipinski definition) is 4. The number of nitrogens with zero attached hydrogens (tertiary/aromatic N) is 1. The first kappa shape index (κ1) is 18.3. The molecule has 0 saturated carbocycles. The van der Waals surface area contributed by atoms with E-state index in [4.69, 9.17) is 16.0 Å². The van der Waals surface area contributed by atoms with Gasteiger partial charge in [-0.2, -0.15) is 0 Å². The molecule has 5 nitrogen and oxygen atoms in total. The van der Waals surface area contributed by atoms with Gasteiger partial charge in [0.05, 0.1) is 23.3 Å². The lowest BCUT2D eigenvalue weighted by molar-refractivity contribution is 0.494. The number of nitrogens with one attached hydrogen (secondary N) is 1. The third-order valence-corrected chi connectivity index (χ3v) is 5.10. The van der Waals surface area contributed by atoms with Gasteiger partial charge in [0.1, 0.15) is 17.3 Å². The van der Waals surface area contributed by atoms with Crippen molar-refractivity contribution in [1.82, 2.24) is 4.72 Å². The highest BCUT2D eigenvalue weighted by Crippen LogP contribution is 2.17. The molecule has 0 unspecified atom stereocenters. The van der Waals surface area contributed by atoms with Crippen molar-refractivity contribution < 1.29 is 17.2 Å². The fourth-order valence-corrected chi connectivity index (χ4v) is 3.23. The molecule has 0 fully saturated rings. The van der Waals surface area contributed by atoms with Crippen molar-refractivity contribution in [2.45, 2.75) is 11.4 Å². The molecule has 1 aromatic heterocycles. The van der Waals surface area contributed by atoms with Crippen LogP contribution in [-0.2, 0) is 16.6 Å². The van der Waals surface area contributed by atoms with Crippen LogP contribution in [0.3, 0.4) is 0 Å². The van der Waals surface area contributed by atoms with E-state index in [0.29, 0.717) is 16.5 Å². The van der Waals surface area contributed by atoms with Gasteiger partial charge in [0.15, 0.2) is 0 Å². The van der Waals surface area contributed by atoms with E-state index in [2.05, 4.69) is 9.71 Å². The van der Waals surface area contributed by atoms with Gasteiger partial charge in [-0.25, -0.2) is 22.5 Å². The van der Waals surface area contributed by atoms with Crippen molar-refractivity contribution in [2.75, 3.05) is 0 Å². The minimum Gasteiger partial charge on any atom is -0.459 e. The van der Waals surface area contributed by atoms with E-state index in [1.807, 2.05) is 0 Å². The van der Waals surface area contributed by atoms with E-state index in [1.165, 1.54) is 42.6 Å². The summed E-state index contributed by atoms with van der Waals surface area (Å²) in [6.45, 7) is -0.0293. The Kier molecular flexibility index (Phi) is 5.51. The molecule has 8 heteroatoms. The molecule has 0 aliphatic carbocycles. The summed E-state index contributed by atoms with van der Waals surface area (Å²) in [4.78, 5) is 4.12. The van der Waals surface area contributed by atoms with Crippen LogP contribution in [0.2, 0.25) is 5.02 Å². The summed E-state index contributed by atoms with van der Waals surface area (Å²) < 4.78 is 45.8. The van der Waals surface area contributed by atoms with Crippen molar-refractivity contribution >= 4 is 33.5 Å². The molecule has 0 spiro atoms. The van der Waals surface area contributed by atoms with Crippen molar-refractivity contribution in [3.63, 3.8) is 0 Å². The van der Waals surface area contributed by atoms with Crippen LogP contribution in [0, 0.1) is 5.82 Å². The molecule has 26 heavy (non-hydrogen) atoms. The highest BCUT2D eigenvalue weighted by molar-refractivity contribution is 7.89. The van der Waals surface area contributed by atoms with Crippen LogP contribution in [0.5, 0.6) is 0 Å². The van der Waals surface area contributed by atoms with Gasteiger partial charge in [-0.3, -0.25) is 0 Å². The summed E-state index contributed by atoms with van der Waals surface area (Å²) in [5.41, 5.74) is 0.189. The van der Waals surface area contributed by atoms with Gasteiger partial charge in [-0.1, -0.05) is 23.7 Å². The molecule has 0 bridgehead atoms. The van der Waals surface area contributed by atoms with E-state index >= 15 is 0 Å². The summed E-state index contributed by atoms with van der Waals surface area (Å²) in [6, 6.07) is 15.2. The van der Waals surface area contributed by atoms with E-state index in [9.17, 15) is 12.8 Å². The van der Waals surface area contributed by atoms with Gasteiger partial charge in [0.25, 0.3) is 0 Å². The van der Waals surface area contributed by atoms with Gasteiger partial charge < -0.3 is 4.42 Å². The Hall–Kier alpha value is -2.48. The summed E-state index contributed by atoms with van der Waals surface area (Å²) >= 11 is 5.76. The van der Waals surface area contributed by atoms with Crippen LogP contribution in [0.4, 0.5) is 10.1 Å². The number of sulfonamides is 1. The molecule has 0 amide bonds. The predicted molar refractivity (Wildman–Crippen MR) is 97.8 cm³/mol. The first-order valence-electron chi connectivity index (χ1n) is 7.56. The molecule has 0 radical (unpaired) electrons. The minimum absolute atomic E-state index is 0.0293. The average molecular weight is 393 g/mol. The van der Waals surface area contributed by atoms with Crippen LogP contribution in [-0.4, -0.2) is 14.6 Å². The van der Waals surface area contributed by atoms with Gasteiger partial charge in [-0.15, -0.1) is 0 Å². The number of rotatable bonds is 6. The lowest BCUT2D eigenvalue weighted by Gasteiger charge is -2.05. The molecule has 134 valence electrons. The zero-order chi connectivity index (χ0) is 18.6. The van der Waals surface area contributed by atoms with Crippen molar-refractivity contribution in [2.24, 2.45) is 4.99 Å². The van der Waals surface area contributed by atoms with Gasteiger partial charge in [0, 0.05) is 5.02 Å². The third-order valence-electron chi connectivity index (χ3n) is 3.43. The zero-order valence-electron chi connectivity index (χ0n) is 13.4. The maximum atomic E-state index is 13.5. The maximum Gasteiger partial charge on any atom is 0.240 e. The molecule has 0 aliphatic rings. The predicted octanol–water partition coefficient (Wildman–Crippen LogP) is 4.30. The smallest absolute Gasteiger partial charge is 0.240 e. The van der Waals surface area contributed by atoms with Gasteiger partial charge in [-0.05, 0) is 48.5 Å². The summed E-state index contributed by atoms with van der Waals surface area (Å²) in [7, 11) is -3.68. The van der Waals surface area contributed by atoms with Crippen molar-refractivity contribution in [3.05, 3.63) is 83.0 Å². The molecule has 0 saturated heterocycles. The molecule has 2 aromatic carbocycles. The highest BCUT2D eigenvalue weighted by atomic mass is 35.5. The Labute approximate surface area is 155 Å². The van der Waals surface area contributed by atoms with Crippen LogP contribution < -0.4 is 4.72 Å². The largest absolute Gasteiger partial charge is 0.459 e. The topological polar surface area (TPSA) is 71.7 Å². The Morgan fingerprint density at radius 2 is 1.81 bits per heavy atom. The minimum atomic E-state index is -3.68. The Morgan fingerprint density at radius 1 is 1.08 bits per heavy atom.